The largest absolute Gasteiger partial charge is 0.469 e. The summed E-state index contributed by atoms with van der Waals surface area (Å²) in [6.45, 7) is 7.20. The van der Waals surface area contributed by atoms with Crippen molar-refractivity contribution >= 4 is 0 Å². The Bertz CT molecular complexity index is 290. The Morgan fingerprint density at radius 3 is 2.80 bits per heavy atom. The molecule has 0 bridgehead atoms. The molecule has 1 aliphatic rings. The van der Waals surface area contributed by atoms with Crippen LogP contribution in [0.2, 0.25) is 0 Å². The molecule has 1 aliphatic heterocycles. The van der Waals surface area contributed by atoms with Gasteiger partial charge in [-0.25, -0.2) is 0 Å². The van der Waals surface area contributed by atoms with E-state index in [4.69, 9.17) is 9.15 Å². The summed E-state index contributed by atoms with van der Waals surface area (Å²) in [6.07, 6.45) is 4.00. The van der Waals surface area contributed by atoms with Gasteiger partial charge in [0.15, 0.2) is 0 Å². The summed E-state index contributed by atoms with van der Waals surface area (Å²) in [7, 11) is 0. The highest BCUT2D eigenvalue weighted by atomic mass is 16.5. The van der Waals surface area contributed by atoms with Gasteiger partial charge >= 0.3 is 0 Å². The summed E-state index contributed by atoms with van der Waals surface area (Å²) < 4.78 is 10.7. The molecule has 1 saturated heterocycles. The van der Waals surface area contributed by atoms with E-state index in [0.717, 1.165) is 45.0 Å². The summed E-state index contributed by atoms with van der Waals surface area (Å²) in [4.78, 5) is 2.46. The molecule has 84 valence electrons. The monoisotopic (exact) mass is 209 g/mol. The lowest BCUT2D eigenvalue weighted by molar-refractivity contribution is 0.0373. The van der Waals surface area contributed by atoms with Gasteiger partial charge in [0.25, 0.3) is 0 Å². The topological polar surface area (TPSA) is 25.6 Å². The molecule has 15 heavy (non-hydrogen) atoms. The van der Waals surface area contributed by atoms with Crippen LogP contribution in [0.5, 0.6) is 0 Å². The van der Waals surface area contributed by atoms with Gasteiger partial charge in [-0.2, -0.15) is 0 Å². The first-order valence-electron chi connectivity index (χ1n) is 5.69. The van der Waals surface area contributed by atoms with Gasteiger partial charge in [0.1, 0.15) is 5.76 Å². The lowest BCUT2D eigenvalue weighted by Gasteiger charge is -2.26. The Morgan fingerprint density at radius 1 is 1.33 bits per heavy atom. The van der Waals surface area contributed by atoms with Crippen molar-refractivity contribution in [3.8, 4) is 0 Å². The van der Waals surface area contributed by atoms with Gasteiger partial charge in [-0.05, 0) is 31.5 Å². The number of rotatable bonds is 4. The van der Waals surface area contributed by atoms with E-state index < -0.39 is 0 Å². The Hall–Kier alpha value is -0.800. The van der Waals surface area contributed by atoms with E-state index in [1.807, 2.05) is 6.07 Å². The predicted molar refractivity (Wildman–Crippen MR) is 59.0 cm³/mol. The van der Waals surface area contributed by atoms with Gasteiger partial charge in [-0.15, -0.1) is 0 Å². The third kappa shape index (κ3) is 3.08. The molecule has 0 amide bonds. The molecule has 0 radical (unpaired) electrons. The number of nitrogens with zero attached hydrogens (tertiary/aromatic N) is 1. The molecule has 1 fully saturated rings. The van der Waals surface area contributed by atoms with E-state index in [1.165, 1.54) is 12.0 Å². The van der Waals surface area contributed by atoms with Gasteiger partial charge < -0.3 is 9.15 Å². The van der Waals surface area contributed by atoms with Crippen molar-refractivity contribution in [2.45, 2.75) is 19.8 Å². The van der Waals surface area contributed by atoms with Crippen LogP contribution in [0.25, 0.3) is 0 Å². The second-order valence-electron chi connectivity index (χ2n) is 4.08. The van der Waals surface area contributed by atoms with Gasteiger partial charge in [-0.1, -0.05) is 0 Å². The van der Waals surface area contributed by atoms with Crippen molar-refractivity contribution in [1.29, 1.82) is 0 Å². The van der Waals surface area contributed by atoms with Crippen molar-refractivity contribution in [2.75, 3.05) is 32.8 Å². The van der Waals surface area contributed by atoms with Gasteiger partial charge in [-0.3, -0.25) is 4.90 Å². The zero-order valence-corrected chi connectivity index (χ0v) is 9.37. The Balaban J connectivity index is 1.68. The maximum absolute atomic E-state index is 5.41. The van der Waals surface area contributed by atoms with Gasteiger partial charge in [0.05, 0.1) is 19.5 Å². The fourth-order valence-corrected chi connectivity index (χ4v) is 1.95. The minimum atomic E-state index is 0.889. The quantitative estimate of drug-likeness (QED) is 0.757. The zero-order valence-electron chi connectivity index (χ0n) is 9.37. The van der Waals surface area contributed by atoms with Crippen LogP contribution in [0.1, 0.15) is 17.7 Å². The molecular formula is C12H19NO2. The van der Waals surface area contributed by atoms with E-state index in [0.29, 0.717) is 0 Å². The second-order valence-corrected chi connectivity index (χ2v) is 4.08. The normalized spacial score (nSPS) is 18.2. The smallest absolute Gasteiger partial charge is 0.106 e. The first-order valence-corrected chi connectivity index (χ1v) is 5.69. The van der Waals surface area contributed by atoms with E-state index in [-0.39, 0.29) is 0 Å². The van der Waals surface area contributed by atoms with Crippen LogP contribution < -0.4 is 0 Å². The Labute approximate surface area is 91.0 Å². The van der Waals surface area contributed by atoms with Crippen molar-refractivity contribution in [3.63, 3.8) is 0 Å². The standard InChI is InChI=1S/C12H19NO2/c1-11-4-8-15-12(11)3-2-5-13-6-9-14-10-7-13/h4,8H,2-3,5-7,9-10H2,1H3. The summed E-state index contributed by atoms with van der Waals surface area (Å²) in [6, 6.07) is 2.03. The van der Waals surface area contributed by atoms with E-state index >= 15 is 0 Å². The molecule has 0 aromatic carbocycles. The molecule has 0 saturated carbocycles. The third-order valence-corrected chi connectivity index (χ3v) is 2.95. The average Bonchev–Trinajstić information content (AvgIpc) is 2.66. The zero-order chi connectivity index (χ0) is 10.5. The maximum atomic E-state index is 5.41. The van der Waals surface area contributed by atoms with E-state index in [9.17, 15) is 0 Å². The van der Waals surface area contributed by atoms with E-state index in [1.54, 1.807) is 6.26 Å². The predicted octanol–water partition coefficient (Wildman–Crippen LogP) is 1.85. The van der Waals surface area contributed by atoms with Crippen molar-refractivity contribution in [2.24, 2.45) is 0 Å². The molecule has 1 aromatic heterocycles. The number of hydrogen-bond donors (Lipinski definition) is 0. The lowest BCUT2D eigenvalue weighted by atomic mass is 10.2. The first-order chi connectivity index (χ1) is 7.36. The van der Waals surface area contributed by atoms with Crippen molar-refractivity contribution < 1.29 is 9.15 Å². The number of hydrogen-bond acceptors (Lipinski definition) is 3. The molecular weight excluding hydrogens is 190 g/mol. The number of morpholine rings is 1. The number of ether oxygens (including phenoxy) is 1. The summed E-state index contributed by atoms with van der Waals surface area (Å²) in [5, 5.41) is 0. The molecule has 3 nitrogen and oxygen atoms in total. The number of furan rings is 1. The maximum Gasteiger partial charge on any atom is 0.106 e. The van der Waals surface area contributed by atoms with Crippen LogP contribution in [-0.4, -0.2) is 37.7 Å². The molecule has 1 aromatic rings. The molecule has 0 aliphatic carbocycles. The summed E-state index contributed by atoms with van der Waals surface area (Å²) >= 11 is 0. The first kappa shape index (κ1) is 10.7. The average molecular weight is 209 g/mol. The lowest BCUT2D eigenvalue weighted by Crippen LogP contribution is -2.36. The fourth-order valence-electron chi connectivity index (χ4n) is 1.95. The molecule has 2 rings (SSSR count). The molecule has 3 heteroatoms. The second kappa shape index (κ2) is 5.33. The number of aryl methyl sites for hydroxylation is 2. The molecule has 0 unspecified atom stereocenters. The van der Waals surface area contributed by atoms with Crippen LogP contribution >= 0.6 is 0 Å². The highest BCUT2D eigenvalue weighted by Gasteiger charge is 2.10. The van der Waals surface area contributed by atoms with Gasteiger partial charge in [0, 0.05) is 19.5 Å². The van der Waals surface area contributed by atoms with Crippen LogP contribution in [0.3, 0.4) is 0 Å². The van der Waals surface area contributed by atoms with Gasteiger partial charge in [0.2, 0.25) is 0 Å². The molecule has 0 N–H and O–H groups in total. The van der Waals surface area contributed by atoms with Crippen molar-refractivity contribution in [1.82, 2.24) is 4.90 Å². The Kier molecular flexibility index (Phi) is 3.80. The van der Waals surface area contributed by atoms with E-state index in [2.05, 4.69) is 11.8 Å². The molecule has 0 atom stereocenters. The van der Waals surface area contributed by atoms with Crippen molar-refractivity contribution in [3.05, 3.63) is 23.7 Å². The summed E-state index contributed by atoms with van der Waals surface area (Å²) in [5.74, 6) is 1.14. The van der Waals surface area contributed by atoms with Crippen LogP contribution in [0, 0.1) is 6.92 Å². The Morgan fingerprint density at radius 2 is 2.13 bits per heavy atom. The highest BCUT2D eigenvalue weighted by Crippen LogP contribution is 2.11. The summed E-state index contributed by atoms with van der Waals surface area (Å²) in [5.41, 5.74) is 1.27. The van der Waals surface area contributed by atoms with Crippen LogP contribution in [0.15, 0.2) is 16.7 Å². The molecule has 2 heterocycles. The molecule has 0 spiro atoms. The van der Waals surface area contributed by atoms with Crippen LogP contribution in [0.4, 0.5) is 0 Å². The van der Waals surface area contributed by atoms with Crippen LogP contribution in [-0.2, 0) is 11.2 Å². The highest BCUT2D eigenvalue weighted by molar-refractivity contribution is 5.14. The minimum absolute atomic E-state index is 0.889. The minimum Gasteiger partial charge on any atom is -0.469 e. The fraction of sp³-hybridized carbons (Fsp3) is 0.667. The third-order valence-electron chi connectivity index (χ3n) is 2.95. The SMILES string of the molecule is Cc1ccoc1CCCN1CCOCC1.